The minimum absolute atomic E-state index is 0.0933. The van der Waals surface area contributed by atoms with Crippen molar-refractivity contribution in [3.05, 3.63) is 59.9 Å². The Hall–Kier alpha value is -2.40. The Morgan fingerprint density at radius 1 is 1.25 bits per heavy atom. The summed E-state index contributed by atoms with van der Waals surface area (Å²) in [6.45, 7) is 6.59. The average Bonchev–Trinajstić information content (AvgIpc) is 2.65. The average molecular weight is 327 g/mol. The highest BCUT2D eigenvalue weighted by atomic mass is 16.5. The Morgan fingerprint density at radius 3 is 2.67 bits per heavy atom. The van der Waals surface area contributed by atoms with Gasteiger partial charge in [-0.15, -0.1) is 0 Å². The van der Waals surface area contributed by atoms with Crippen LogP contribution in [0, 0.1) is 0 Å². The third-order valence-electron chi connectivity index (χ3n) is 4.11. The summed E-state index contributed by atoms with van der Waals surface area (Å²) in [4.78, 5) is 18.6. The molecular formula is C19H25N3O2. The van der Waals surface area contributed by atoms with Crippen LogP contribution in [-0.2, 0) is 0 Å². The van der Waals surface area contributed by atoms with Crippen molar-refractivity contribution < 1.29 is 9.53 Å². The van der Waals surface area contributed by atoms with E-state index in [4.69, 9.17) is 4.74 Å². The monoisotopic (exact) mass is 327 g/mol. The van der Waals surface area contributed by atoms with Crippen LogP contribution < -0.4 is 10.1 Å². The van der Waals surface area contributed by atoms with Gasteiger partial charge in [0.1, 0.15) is 5.75 Å². The van der Waals surface area contributed by atoms with Crippen LogP contribution in [0.3, 0.4) is 0 Å². The molecule has 1 atom stereocenters. The maximum absolute atomic E-state index is 12.3. The Kier molecular flexibility index (Phi) is 6.75. The van der Waals surface area contributed by atoms with Gasteiger partial charge in [0, 0.05) is 18.9 Å². The Bertz CT molecular complexity index is 642. The molecule has 24 heavy (non-hydrogen) atoms. The zero-order valence-electron chi connectivity index (χ0n) is 14.5. The Labute approximate surface area is 143 Å². The predicted molar refractivity (Wildman–Crippen MR) is 95.2 cm³/mol. The smallest absolute Gasteiger partial charge is 0.252 e. The molecule has 5 heteroatoms. The number of benzene rings is 1. The zero-order chi connectivity index (χ0) is 17.4. The summed E-state index contributed by atoms with van der Waals surface area (Å²) >= 11 is 0. The van der Waals surface area contributed by atoms with Crippen molar-refractivity contribution in [2.24, 2.45) is 0 Å². The van der Waals surface area contributed by atoms with Crippen LogP contribution in [-0.4, -0.2) is 42.5 Å². The number of amides is 1. The van der Waals surface area contributed by atoms with E-state index < -0.39 is 0 Å². The SMILES string of the molecule is CCN(CC)C(CNC(=O)c1cccnc1)c1cccc(OC)c1. The van der Waals surface area contributed by atoms with Gasteiger partial charge in [-0.1, -0.05) is 26.0 Å². The van der Waals surface area contributed by atoms with E-state index in [0.29, 0.717) is 12.1 Å². The van der Waals surface area contributed by atoms with Gasteiger partial charge in [0.2, 0.25) is 0 Å². The van der Waals surface area contributed by atoms with E-state index in [-0.39, 0.29) is 11.9 Å². The van der Waals surface area contributed by atoms with Crippen molar-refractivity contribution in [2.75, 3.05) is 26.7 Å². The molecule has 0 fully saturated rings. The fraction of sp³-hybridized carbons (Fsp3) is 0.368. The number of hydrogen-bond donors (Lipinski definition) is 1. The molecule has 0 aliphatic carbocycles. The molecule has 0 aliphatic rings. The van der Waals surface area contributed by atoms with E-state index in [1.54, 1.807) is 31.6 Å². The number of ether oxygens (including phenoxy) is 1. The van der Waals surface area contributed by atoms with Crippen LogP contribution in [0.1, 0.15) is 35.8 Å². The molecule has 1 unspecified atom stereocenters. The number of likely N-dealkylation sites (N-methyl/N-ethyl adjacent to an activating group) is 1. The number of hydrogen-bond acceptors (Lipinski definition) is 4. The van der Waals surface area contributed by atoms with Crippen LogP contribution >= 0.6 is 0 Å². The molecule has 0 saturated heterocycles. The lowest BCUT2D eigenvalue weighted by Crippen LogP contribution is -2.38. The van der Waals surface area contributed by atoms with Crippen LogP contribution in [0.4, 0.5) is 0 Å². The quantitative estimate of drug-likeness (QED) is 0.810. The molecule has 0 saturated carbocycles. The van der Waals surface area contributed by atoms with Gasteiger partial charge in [0.15, 0.2) is 0 Å². The van der Waals surface area contributed by atoms with Crippen LogP contribution in [0.5, 0.6) is 5.75 Å². The predicted octanol–water partition coefficient (Wildman–Crippen LogP) is 2.90. The van der Waals surface area contributed by atoms with Gasteiger partial charge in [-0.2, -0.15) is 0 Å². The molecule has 0 aliphatic heterocycles. The molecule has 0 radical (unpaired) electrons. The Morgan fingerprint density at radius 2 is 2.04 bits per heavy atom. The Balaban J connectivity index is 2.16. The molecule has 0 bridgehead atoms. The second kappa shape index (κ2) is 9.03. The number of pyridine rings is 1. The van der Waals surface area contributed by atoms with Gasteiger partial charge in [0.05, 0.1) is 18.7 Å². The second-order valence-corrected chi connectivity index (χ2v) is 5.47. The largest absolute Gasteiger partial charge is 0.497 e. The lowest BCUT2D eigenvalue weighted by Gasteiger charge is -2.30. The summed E-state index contributed by atoms with van der Waals surface area (Å²) in [5.41, 5.74) is 1.70. The standard InChI is InChI=1S/C19H25N3O2/c1-4-22(5-2)18(15-8-6-10-17(12-15)24-3)14-21-19(23)16-9-7-11-20-13-16/h6-13,18H,4-5,14H2,1-3H3,(H,21,23). The first-order valence-electron chi connectivity index (χ1n) is 8.25. The molecule has 1 aromatic heterocycles. The first kappa shape index (κ1) is 17.9. The van der Waals surface area contributed by atoms with Crippen LogP contribution in [0.2, 0.25) is 0 Å². The molecule has 128 valence electrons. The fourth-order valence-electron chi connectivity index (χ4n) is 2.76. The maximum atomic E-state index is 12.3. The molecule has 0 spiro atoms. The second-order valence-electron chi connectivity index (χ2n) is 5.47. The van der Waals surface area contributed by atoms with Gasteiger partial charge < -0.3 is 10.1 Å². The number of carbonyl (C=O) groups is 1. The molecule has 2 aromatic rings. The molecule has 2 rings (SSSR count). The first-order valence-corrected chi connectivity index (χ1v) is 8.25. The van der Waals surface area contributed by atoms with Crippen molar-refractivity contribution in [1.82, 2.24) is 15.2 Å². The number of rotatable bonds is 8. The van der Waals surface area contributed by atoms with E-state index in [9.17, 15) is 4.79 Å². The normalized spacial score (nSPS) is 12.0. The molecule has 1 aromatic carbocycles. The zero-order valence-corrected chi connectivity index (χ0v) is 14.5. The van der Waals surface area contributed by atoms with Crippen LogP contribution in [0.25, 0.3) is 0 Å². The molecular weight excluding hydrogens is 302 g/mol. The summed E-state index contributed by atoms with van der Waals surface area (Å²) < 4.78 is 5.33. The topological polar surface area (TPSA) is 54.5 Å². The van der Waals surface area contributed by atoms with Crippen molar-refractivity contribution in [2.45, 2.75) is 19.9 Å². The summed E-state index contributed by atoms with van der Waals surface area (Å²) in [6.07, 6.45) is 3.24. The van der Waals surface area contributed by atoms with Gasteiger partial charge in [0.25, 0.3) is 5.91 Å². The summed E-state index contributed by atoms with van der Waals surface area (Å²) in [6, 6.07) is 11.6. The lowest BCUT2D eigenvalue weighted by molar-refractivity contribution is 0.0934. The number of methoxy groups -OCH3 is 1. The van der Waals surface area contributed by atoms with Crippen molar-refractivity contribution in [3.63, 3.8) is 0 Å². The van der Waals surface area contributed by atoms with E-state index in [1.807, 2.05) is 18.2 Å². The minimum Gasteiger partial charge on any atom is -0.497 e. The summed E-state index contributed by atoms with van der Waals surface area (Å²) in [5.74, 6) is 0.714. The highest BCUT2D eigenvalue weighted by Gasteiger charge is 2.19. The van der Waals surface area contributed by atoms with Gasteiger partial charge in [-0.05, 0) is 42.9 Å². The molecule has 1 N–H and O–H groups in total. The maximum Gasteiger partial charge on any atom is 0.252 e. The van der Waals surface area contributed by atoms with E-state index in [1.165, 1.54) is 0 Å². The fourth-order valence-corrected chi connectivity index (χ4v) is 2.76. The van der Waals surface area contributed by atoms with Gasteiger partial charge >= 0.3 is 0 Å². The van der Waals surface area contributed by atoms with Crippen molar-refractivity contribution in [3.8, 4) is 5.75 Å². The van der Waals surface area contributed by atoms with E-state index in [2.05, 4.69) is 35.1 Å². The van der Waals surface area contributed by atoms with Crippen molar-refractivity contribution >= 4 is 5.91 Å². The third kappa shape index (κ3) is 4.55. The minimum atomic E-state index is -0.108. The number of aromatic nitrogens is 1. The summed E-state index contributed by atoms with van der Waals surface area (Å²) in [5, 5.41) is 3.02. The highest BCUT2D eigenvalue weighted by molar-refractivity contribution is 5.93. The number of nitrogens with zero attached hydrogens (tertiary/aromatic N) is 2. The molecule has 1 heterocycles. The third-order valence-corrected chi connectivity index (χ3v) is 4.11. The number of nitrogens with one attached hydrogen (secondary N) is 1. The summed E-state index contributed by atoms with van der Waals surface area (Å²) in [7, 11) is 1.66. The molecule has 5 nitrogen and oxygen atoms in total. The van der Waals surface area contributed by atoms with Crippen molar-refractivity contribution in [1.29, 1.82) is 0 Å². The van der Waals surface area contributed by atoms with Gasteiger partial charge in [-0.3, -0.25) is 14.7 Å². The highest BCUT2D eigenvalue weighted by Crippen LogP contribution is 2.23. The van der Waals surface area contributed by atoms with Gasteiger partial charge in [-0.25, -0.2) is 0 Å². The molecule has 1 amide bonds. The number of carbonyl (C=O) groups excluding carboxylic acids is 1. The van der Waals surface area contributed by atoms with E-state index >= 15 is 0 Å². The van der Waals surface area contributed by atoms with Crippen LogP contribution in [0.15, 0.2) is 48.8 Å². The lowest BCUT2D eigenvalue weighted by atomic mass is 10.0. The first-order chi connectivity index (χ1) is 11.7. The van der Waals surface area contributed by atoms with E-state index in [0.717, 1.165) is 24.4 Å².